The smallest absolute Gasteiger partial charge is 0.430 e. The van der Waals surface area contributed by atoms with E-state index in [1.807, 2.05) is 30.3 Å². The van der Waals surface area contributed by atoms with Crippen LogP contribution in [0.4, 0.5) is 4.79 Å². The van der Waals surface area contributed by atoms with Gasteiger partial charge in [-0.3, -0.25) is 4.79 Å². The van der Waals surface area contributed by atoms with E-state index < -0.39 is 39.5 Å². The Morgan fingerprint density at radius 3 is 2.52 bits per heavy atom. The molecule has 1 aromatic rings. The molecule has 1 N–H and O–H groups in total. The minimum Gasteiger partial charge on any atom is -0.430 e. The van der Waals surface area contributed by atoms with Crippen LogP contribution in [0.25, 0.3) is 0 Å². The third-order valence-electron chi connectivity index (χ3n) is 3.74. The minimum absolute atomic E-state index is 0.238. The quantitative estimate of drug-likeness (QED) is 0.165. The predicted octanol–water partition coefficient (Wildman–Crippen LogP) is 3.62. The van der Waals surface area contributed by atoms with Crippen molar-refractivity contribution in [2.75, 3.05) is 6.61 Å². The molecular formula is C16H16Cl3NO4S3. The van der Waals surface area contributed by atoms with E-state index >= 15 is 0 Å². The van der Waals surface area contributed by atoms with Gasteiger partial charge in [0.15, 0.2) is 0 Å². The number of amides is 1. The predicted molar refractivity (Wildman–Crippen MR) is 115 cm³/mol. The number of benzene rings is 1. The van der Waals surface area contributed by atoms with E-state index in [0.29, 0.717) is 9.28 Å². The summed E-state index contributed by atoms with van der Waals surface area (Å²) in [4.78, 5) is 23.8. The van der Waals surface area contributed by atoms with Gasteiger partial charge in [0.1, 0.15) is 24.4 Å². The van der Waals surface area contributed by atoms with Crippen molar-refractivity contribution in [3.8, 4) is 0 Å². The second-order valence-corrected chi connectivity index (χ2v) is 11.9. The van der Waals surface area contributed by atoms with Crippen LogP contribution in [0.15, 0.2) is 30.3 Å². The summed E-state index contributed by atoms with van der Waals surface area (Å²) in [5.41, 5.74) is 1.06. The number of carbonyl (C=O) groups excluding carboxylic acids is 2. The number of hydrogen-bond donors (Lipinski definition) is 1. The Balaban J connectivity index is 2.01. The highest BCUT2D eigenvalue weighted by molar-refractivity contribution is 8.34. The van der Waals surface area contributed by atoms with Crippen molar-refractivity contribution in [2.24, 2.45) is 5.92 Å². The van der Waals surface area contributed by atoms with Crippen molar-refractivity contribution in [3.05, 3.63) is 35.9 Å². The first-order valence-electron chi connectivity index (χ1n) is 7.73. The lowest BCUT2D eigenvalue weighted by atomic mass is 9.96. The number of alkyl halides is 3. The standard InChI is InChI=1S/C16H16Cl3NO4S3/c1-9(24-14(22)23-8-16(17,18)19)11-12(21)20-13(11)27(15(25)26)7-10-5-3-2-4-6-10/h2-6,9,11,13H,7-8H2,1H3,(H-,20,21,25,26). The first kappa shape index (κ1) is 22.8. The van der Waals surface area contributed by atoms with Gasteiger partial charge in [-0.05, 0) is 6.92 Å². The lowest BCUT2D eigenvalue weighted by molar-refractivity contribution is -0.137. The van der Waals surface area contributed by atoms with E-state index in [4.69, 9.17) is 69.1 Å². The molecule has 27 heavy (non-hydrogen) atoms. The molecule has 0 spiro atoms. The van der Waals surface area contributed by atoms with Gasteiger partial charge in [0.05, 0.1) is 3.53 Å². The number of halogens is 3. The summed E-state index contributed by atoms with van der Waals surface area (Å²) in [6.45, 7) is 1.14. The molecule has 1 aromatic carbocycles. The van der Waals surface area contributed by atoms with Crippen molar-refractivity contribution in [1.29, 1.82) is 0 Å². The third kappa shape index (κ3) is 6.80. The van der Waals surface area contributed by atoms with Gasteiger partial charge in [0.25, 0.3) is 0 Å². The molecule has 11 heteroatoms. The maximum Gasteiger partial charge on any atom is 0.508 e. The van der Waals surface area contributed by atoms with E-state index in [-0.39, 0.29) is 11.3 Å². The Labute approximate surface area is 186 Å². The van der Waals surface area contributed by atoms with E-state index in [0.717, 1.165) is 5.56 Å². The average Bonchev–Trinajstić information content (AvgIpc) is 2.56. The van der Waals surface area contributed by atoms with Crippen LogP contribution in [0.5, 0.6) is 0 Å². The number of rotatable bonds is 6. The molecule has 0 aliphatic carbocycles. The van der Waals surface area contributed by atoms with Crippen molar-refractivity contribution >= 4 is 86.1 Å². The lowest BCUT2D eigenvalue weighted by Gasteiger charge is -2.38. The highest BCUT2D eigenvalue weighted by Gasteiger charge is 2.54. The number of carbonyl (C=O) groups is 2. The van der Waals surface area contributed by atoms with E-state index in [2.05, 4.69) is 5.32 Å². The summed E-state index contributed by atoms with van der Waals surface area (Å²) in [6, 6.07) is 9.70. The number of ether oxygens (including phenoxy) is 2. The molecule has 2 rings (SSSR count). The summed E-state index contributed by atoms with van der Waals surface area (Å²) in [6.07, 6.45) is -1.77. The SMILES string of the molecule is CC(OC(=O)OCC(Cl)(Cl)Cl)C1C(=O)NC1[S+](Cc1ccccc1)C(=S)[S-]. The molecule has 1 aliphatic rings. The Morgan fingerprint density at radius 2 is 2.00 bits per heavy atom. The number of nitrogens with one attached hydrogen (secondary N) is 1. The fourth-order valence-corrected chi connectivity index (χ4v) is 5.63. The topological polar surface area (TPSA) is 64.6 Å². The fourth-order valence-electron chi connectivity index (χ4n) is 2.48. The minimum atomic E-state index is -1.74. The van der Waals surface area contributed by atoms with Gasteiger partial charge in [-0.1, -0.05) is 65.1 Å². The molecule has 5 nitrogen and oxygen atoms in total. The van der Waals surface area contributed by atoms with E-state index in [1.165, 1.54) is 0 Å². The molecule has 0 aromatic heterocycles. The van der Waals surface area contributed by atoms with Gasteiger partial charge < -0.3 is 39.6 Å². The van der Waals surface area contributed by atoms with Crippen LogP contribution in [-0.2, 0) is 43.5 Å². The van der Waals surface area contributed by atoms with Crippen LogP contribution in [0, 0.1) is 5.92 Å². The van der Waals surface area contributed by atoms with Crippen LogP contribution >= 0.6 is 47.0 Å². The molecule has 1 fully saturated rings. The molecule has 1 amide bonds. The Bertz CT molecular complexity index is 702. The molecule has 4 atom stereocenters. The zero-order chi connectivity index (χ0) is 20.2. The number of hydrogen-bond acceptors (Lipinski definition) is 6. The summed E-state index contributed by atoms with van der Waals surface area (Å²) in [5.74, 6) is -0.216. The molecule has 148 valence electrons. The van der Waals surface area contributed by atoms with E-state index in [1.54, 1.807) is 6.92 Å². The monoisotopic (exact) mass is 487 g/mol. The van der Waals surface area contributed by atoms with Gasteiger partial charge in [-0.25, -0.2) is 4.79 Å². The number of β-lactam (4-membered cyclic amide) rings is 1. The third-order valence-corrected chi connectivity index (χ3v) is 7.45. The van der Waals surface area contributed by atoms with Gasteiger partial charge in [0, 0.05) is 16.5 Å². The average molecular weight is 489 g/mol. The van der Waals surface area contributed by atoms with Crippen molar-refractivity contribution in [1.82, 2.24) is 5.32 Å². The molecule has 1 aliphatic heterocycles. The van der Waals surface area contributed by atoms with Crippen LogP contribution in [0.2, 0.25) is 0 Å². The van der Waals surface area contributed by atoms with Crippen molar-refractivity contribution in [3.63, 3.8) is 0 Å². The molecule has 0 radical (unpaired) electrons. The van der Waals surface area contributed by atoms with Gasteiger partial charge in [-0.15, -0.1) is 0 Å². The van der Waals surface area contributed by atoms with Crippen molar-refractivity contribution in [2.45, 2.75) is 27.9 Å². The largest absolute Gasteiger partial charge is 0.508 e. The summed E-state index contributed by atoms with van der Waals surface area (Å²) >= 11 is 27.1. The molecule has 1 saturated heterocycles. The Hall–Kier alpha value is -0.510. The number of thiocarbonyl (C=S) groups is 1. The highest BCUT2D eigenvalue weighted by atomic mass is 35.6. The summed E-state index contributed by atoms with van der Waals surface area (Å²) in [7, 11) is -0.570. The Morgan fingerprint density at radius 1 is 1.37 bits per heavy atom. The fraction of sp³-hybridized carbons (Fsp3) is 0.438. The second-order valence-electron chi connectivity index (χ2n) is 5.74. The van der Waals surface area contributed by atoms with E-state index in [9.17, 15) is 9.59 Å². The molecule has 1 heterocycles. The molecular weight excluding hydrogens is 473 g/mol. The Kier molecular flexibility index (Phi) is 8.27. The van der Waals surface area contributed by atoms with Crippen LogP contribution in [0.1, 0.15) is 12.5 Å². The molecule has 0 saturated carbocycles. The highest BCUT2D eigenvalue weighted by Crippen LogP contribution is 2.31. The summed E-state index contributed by atoms with van der Waals surface area (Å²) < 4.78 is 8.54. The zero-order valence-electron chi connectivity index (χ0n) is 14.0. The first-order chi connectivity index (χ1) is 12.6. The van der Waals surface area contributed by atoms with Gasteiger partial charge in [-0.2, -0.15) is 0 Å². The first-order valence-corrected chi connectivity index (χ1v) is 11.1. The van der Waals surface area contributed by atoms with Crippen LogP contribution < -0.4 is 5.32 Å². The normalized spacial score (nSPS) is 21.4. The van der Waals surface area contributed by atoms with Gasteiger partial charge in [0.2, 0.25) is 15.1 Å². The van der Waals surface area contributed by atoms with Crippen LogP contribution in [-0.4, -0.2) is 37.5 Å². The lowest BCUT2D eigenvalue weighted by Crippen LogP contribution is -2.66. The van der Waals surface area contributed by atoms with Crippen LogP contribution in [0.3, 0.4) is 0 Å². The zero-order valence-corrected chi connectivity index (χ0v) is 18.7. The molecule has 0 bridgehead atoms. The second kappa shape index (κ2) is 9.80. The van der Waals surface area contributed by atoms with Crippen molar-refractivity contribution < 1.29 is 19.1 Å². The summed E-state index contributed by atoms with van der Waals surface area (Å²) in [5, 5.41) is 2.52. The maximum atomic E-state index is 12.1. The molecule has 4 unspecified atom stereocenters. The van der Waals surface area contributed by atoms with Gasteiger partial charge >= 0.3 is 6.16 Å². The maximum absolute atomic E-state index is 12.1.